The van der Waals surface area contributed by atoms with Crippen LogP contribution in [0.2, 0.25) is 0 Å². The second kappa shape index (κ2) is 6.40. The maximum Gasteiger partial charge on any atom is 0.109 e. The van der Waals surface area contributed by atoms with E-state index in [-0.39, 0.29) is 0 Å². The molecule has 3 nitrogen and oxygen atoms in total. The van der Waals surface area contributed by atoms with E-state index in [0.717, 1.165) is 6.42 Å². The quantitative estimate of drug-likeness (QED) is 0.633. The van der Waals surface area contributed by atoms with Crippen LogP contribution in [0.1, 0.15) is 33.1 Å². The van der Waals surface area contributed by atoms with Gasteiger partial charge in [-0.1, -0.05) is 20.3 Å². The Morgan fingerprint density at radius 3 is 2.08 bits per heavy atom. The van der Waals surface area contributed by atoms with E-state index in [9.17, 15) is 10.2 Å². The Morgan fingerprint density at radius 2 is 1.75 bits per heavy atom. The zero-order chi connectivity index (χ0) is 9.56. The van der Waals surface area contributed by atoms with Crippen molar-refractivity contribution < 1.29 is 14.9 Å². The lowest BCUT2D eigenvalue weighted by atomic mass is 10.0. The van der Waals surface area contributed by atoms with Crippen LogP contribution in [0.5, 0.6) is 0 Å². The van der Waals surface area contributed by atoms with Crippen LogP contribution in [-0.2, 0) is 4.74 Å². The molecule has 0 aromatic carbocycles. The summed E-state index contributed by atoms with van der Waals surface area (Å²) >= 11 is 0. The Hall–Kier alpha value is -0.120. The van der Waals surface area contributed by atoms with Crippen molar-refractivity contribution >= 4 is 0 Å². The summed E-state index contributed by atoms with van der Waals surface area (Å²) in [6.07, 6.45) is 0.646. The number of methoxy groups -OCH3 is 1. The van der Waals surface area contributed by atoms with Crippen molar-refractivity contribution in [1.82, 2.24) is 0 Å². The predicted octanol–water partition coefficient (Wildman–Crippen LogP) is 0.933. The standard InChI is InChI=1S/C9H20O3/c1-4-6-8(11)9(12-3)7(10)5-2/h7-11H,4-6H2,1-3H3. The van der Waals surface area contributed by atoms with Crippen molar-refractivity contribution in [1.29, 1.82) is 0 Å². The molecule has 0 bridgehead atoms. The number of hydrogen-bond donors (Lipinski definition) is 2. The van der Waals surface area contributed by atoms with Crippen LogP contribution >= 0.6 is 0 Å². The summed E-state index contributed by atoms with van der Waals surface area (Å²) in [4.78, 5) is 0. The second-order valence-corrected chi connectivity index (χ2v) is 3.03. The highest BCUT2D eigenvalue weighted by atomic mass is 16.5. The minimum atomic E-state index is -0.559. The molecule has 74 valence electrons. The Morgan fingerprint density at radius 1 is 1.17 bits per heavy atom. The lowest BCUT2D eigenvalue weighted by Gasteiger charge is -2.25. The van der Waals surface area contributed by atoms with Gasteiger partial charge in [-0.25, -0.2) is 0 Å². The normalized spacial score (nSPS) is 18.8. The molecule has 0 rings (SSSR count). The van der Waals surface area contributed by atoms with Crippen LogP contribution in [-0.4, -0.2) is 35.6 Å². The molecule has 3 atom stereocenters. The highest BCUT2D eigenvalue weighted by molar-refractivity contribution is 4.75. The van der Waals surface area contributed by atoms with Crippen LogP contribution in [0, 0.1) is 0 Å². The van der Waals surface area contributed by atoms with Crippen molar-refractivity contribution in [3.05, 3.63) is 0 Å². The molecule has 0 aliphatic carbocycles. The van der Waals surface area contributed by atoms with E-state index < -0.39 is 18.3 Å². The van der Waals surface area contributed by atoms with Gasteiger partial charge in [-0.3, -0.25) is 0 Å². The number of hydrogen-bond acceptors (Lipinski definition) is 3. The van der Waals surface area contributed by atoms with Gasteiger partial charge in [0.25, 0.3) is 0 Å². The lowest BCUT2D eigenvalue weighted by molar-refractivity contribution is -0.0843. The number of aliphatic hydroxyl groups is 2. The van der Waals surface area contributed by atoms with Gasteiger partial charge in [-0.05, 0) is 12.8 Å². The average molecular weight is 176 g/mol. The van der Waals surface area contributed by atoms with E-state index in [1.54, 1.807) is 0 Å². The van der Waals surface area contributed by atoms with Gasteiger partial charge in [-0.15, -0.1) is 0 Å². The fourth-order valence-electron chi connectivity index (χ4n) is 1.26. The first-order valence-corrected chi connectivity index (χ1v) is 4.56. The summed E-state index contributed by atoms with van der Waals surface area (Å²) in [7, 11) is 1.52. The number of ether oxygens (including phenoxy) is 1. The van der Waals surface area contributed by atoms with Gasteiger partial charge >= 0.3 is 0 Å². The molecule has 0 saturated carbocycles. The van der Waals surface area contributed by atoms with Crippen LogP contribution in [0.25, 0.3) is 0 Å². The molecular formula is C9H20O3. The molecule has 0 heterocycles. The third-order valence-electron chi connectivity index (χ3n) is 2.03. The molecular weight excluding hydrogens is 156 g/mol. The largest absolute Gasteiger partial charge is 0.390 e. The first kappa shape index (κ1) is 11.9. The van der Waals surface area contributed by atoms with Gasteiger partial charge in [0, 0.05) is 7.11 Å². The first-order chi connectivity index (χ1) is 5.67. The first-order valence-electron chi connectivity index (χ1n) is 4.56. The summed E-state index contributed by atoms with van der Waals surface area (Å²) in [6, 6.07) is 0. The summed E-state index contributed by atoms with van der Waals surface area (Å²) in [5, 5.41) is 19.0. The average Bonchev–Trinajstić information content (AvgIpc) is 2.06. The van der Waals surface area contributed by atoms with E-state index in [2.05, 4.69) is 0 Å². The summed E-state index contributed by atoms with van der Waals surface area (Å²) < 4.78 is 5.02. The maximum atomic E-state index is 9.53. The highest BCUT2D eigenvalue weighted by Crippen LogP contribution is 2.11. The van der Waals surface area contributed by atoms with E-state index in [4.69, 9.17) is 4.74 Å². The minimum absolute atomic E-state index is 0.435. The smallest absolute Gasteiger partial charge is 0.109 e. The zero-order valence-electron chi connectivity index (χ0n) is 8.16. The van der Waals surface area contributed by atoms with Gasteiger partial charge in [0.15, 0.2) is 0 Å². The molecule has 3 heteroatoms. The van der Waals surface area contributed by atoms with Crippen molar-refractivity contribution in [3.8, 4) is 0 Å². The monoisotopic (exact) mass is 176 g/mol. The Kier molecular flexibility index (Phi) is 6.34. The third kappa shape index (κ3) is 3.52. The summed E-state index contributed by atoms with van der Waals surface area (Å²) in [5.41, 5.74) is 0. The van der Waals surface area contributed by atoms with Crippen LogP contribution in [0.3, 0.4) is 0 Å². The predicted molar refractivity (Wildman–Crippen MR) is 48.0 cm³/mol. The van der Waals surface area contributed by atoms with Crippen LogP contribution < -0.4 is 0 Å². The van der Waals surface area contributed by atoms with Crippen molar-refractivity contribution in [2.75, 3.05) is 7.11 Å². The molecule has 0 saturated heterocycles. The molecule has 0 fully saturated rings. The number of aliphatic hydroxyl groups excluding tert-OH is 2. The molecule has 0 spiro atoms. The maximum absolute atomic E-state index is 9.53. The number of rotatable bonds is 6. The molecule has 2 N–H and O–H groups in total. The van der Waals surface area contributed by atoms with Gasteiger partial charge < -0.3 is 14.9 Å². The third-order valence-corrected chi connectivity index (χ3v) is 2.03. The van der Waals surface area contributed by atoms with Gasteiger partial charge in [0.2, 0.25) is 0 Å². The Balaban J connectivity index is 3.94. The van der Waals surface area contributed by atoms with Crippen molar-refractivity contribution in [2.24, 2.45) is 0 Å². The molecule has 0 radical (unpaired) electrons. The van der Waals surface area contributed by atoms with Crippen molar-refractivity contribution in [3.63, 3.8) is 0 Å². The fraction of sp³-hybridized carbons (Fsp3) is 1.00. The summed E-state index contributed by atoms with van der Waals surface area (Å²) in [5.74, 6) is 0. The topological polar surface area (TPSA) is 49.7 Å². The molecule has 3 unspecified atom stereocenters. The van der Waals surface area contributed by atoms with Crippen molar-refractivity contribution in [2.45, 2.75) is 51.4 Å². The van der Waals surface area contributed by atoms with E-state index in [1.165, 1.54) is 7.11 Å². The SMILES string of the molecule is CCCC(O)C(OC)C(O)CC. The molecule has 0 aliphatic heterocycles. The highest BCUT2D eigenvalue weighted by Gasteiger charge is 2.24. The zero-order valence-corrected chi connectivity index (χ0v) is 8.16. The van der Waals surface area contributed by atoms with E-state index in [0.29, 0.717) is 12.8 Å². The second-order valence-electron chi connectivity index (χ2n) is 3.03. The van der Waals surface area contributed by atoms with Crippen LogP contribution in [0.4, 0.5) is 0 Å². The molecule has 0 amide bonds. The van der Waals surface area contributed by atoms with Crippen LogP contribution in [0.15, 0.2) is 0 Å². The molecule has 12 heavy (non-hydrogen) atoms. The Labute approximate surface area is 74.4 Å². The molecule has 0 aromatic heterocycles. The fourth-order valence-corrected chi connectivity index (χ4v) is 1.26. The van der Waals surface area contributed by atoms with E-state index >= 15 is 0 Å². The molecule has 0 aromatic rings. The summed E-state index contributed by atoms with van der Waals surface area (Å²) in [6.45, 7) is 3.86. The molecule has 0 aliphatic rings. The van der Waals surface area contributed by atoms with E-state index in [1.807, 2.05) is 13.8 Å². The van der Waals surface area contributed by atoms with Gasteiger partial charge in [-0.2, -0.15) is 0 Å². The lowest BCUT2D eigenvalue weighted by Crippen LogP contribution is -2.38. The van der Waals surface area contributed by atoms with Gasteiger partial charge in [0.1, 0.15) is 6.10 Å². The van der Waals surface area contributed by atoms with Gasteiger partial charge in [0.05, 0.1) is 12.2 Å². The minimum Gasteiger partial charge on any atom is -0.390 e. The Bertz CT molecular complexity index is 106.